The Balaban J connectivity index is 1.33. The molecule has 0 bridgehead atoms. The van der Waals surface area contributed by atoms with Gasteiger partial charge in [-0.2, -0.15) is 0 Å². The van der Waals surface area contributed by atoms with Crippen LogP contribution in [0, 0.1) is 0 Å². The van der Waals surface area contributed by atoms with Gasteiger partial charge in [-0.3, -0.25) is 4.90 Å². The van der Waals surface area contributed by atoms with E-state index < -0.39 is 0 Å². The molecule has 0 saturated carbocycles. The normalized spacial score (nSPS) is 17.9. The summed E-state index contributed by atoms with van der Waals surface area (Å²) in [5.41, 5.74) is 3.55. The van der Waals surface area contributed by atoms with Crippen molar-refractivity contribution in [2.45, 2.75) is 32.9 Å². The molecule has 2 aromatic carbocycles. The number of para-hydroxylation sites is 2. The molecule has 0 unspecified atom stereocenters. The lowest BCUT2D eigenvalue weighted by Crippen LogP contribution is -2.52. The van der Waals surface area contributed by atoms with Crippen molar-refractivity contribution in [3.05, 3.63) is 59.7 Å². The van der Waals surface area contributed by atoms with Crippen LogP contribution < -0.4 is 10.2 Å². The molecule has 0 aromatic heterocycles. The van der Waals surface area contributed by atoms with Gasteiger partial charge in [0.2, 0.25) is 0 Å². The van der Waals surface area contributed by atoms with Gasteiger partial charge in [0.05, 0.1) is 12.2 Å². The number of nitrogens with zero attached hydrogens (tertiary/aromatic N) is 4. The number of likely N-dealkylation sites (tertiary alicyclic amines) is 1. The van der Waals surface area contributed by atoms with Gasteiger partial charge in [-0.25, -0.2) is 4.99 Å². The summed E-state index contributed by atoms with van der Waals surface area (Å²) in [5.74, 6) is 1.32. The van der Waals surface area contributed by atoms with E-state index in [1.807, 2.05) is 18.2 Å². The Kier molecular flexibility index (Phi) is 7.30. The van der Waals surface area contributed by atoms with Crippen LogP contribution in [0.4, 0.5) is 5.69 Å². The summed E-state index contributed by atoms with van der Waals surface area (Å²) in [6.45, 7) is 10.7. The Labute approximate surface area is 186 Å². The zero-order valence-electron chi connectivity index (χ0n) is 18.6. The van der Waals surface area contributed by atoms with E-state index in [-0.39, 0.29) is 0 Å². The standard InChI is InChI=1S/C25H35N5O/c1-2-26-25(30-17-15-29(16-18-30)23-7-3-4-8-24(23)31)27-19-21-9-11-22(12-10-21)20-28-13-5-6-14-28/h3-4,7-12,31H,2,5-6,13-20H2,1H3,(H,26,27). The number of piperazine rings is 1. The SMILES string of the molecule is CCNC(=NCc1ccc(CN2CCCC2)cc1)N1CCN(c2ccccc2O)CC1. The maximum absolute atomic E-state index is 10.1. The highest BCUT2D eigenvalue weighted by Crippen LogP contribution is 2.27. The Morgan fingerprint density at radius 2 is 1.58 bits per heavy atom. The minimum absolute atomic E-state index is 0.352. The van der Waals surface area contributed by atoms with E-state index in [1.54, 1.807) is 6.07 Å². The van der Waals surface area contributed by atoms with E-state index in [4.69, 9.17) is 4.99 Å². The third-order valence-electron chi connectivity index (χ3n) is 6.18. The number of guanidine groups is 1. The predicted molar refractivity (Wildman–Crippen MR) is 128 cm³/mol. The quantitative estimate of drug-likeness (QED) is 0.554. The Bertz CT molecular complexity index is 852. The molecule has 2 saturated heterocycles. The molecule has 166 valence electrons. The van der Waals surface area contributed by atoms with Crippen molar-refractivity contribution in [1.82, 2.24) is 15.1 Å². The predicted octanol–water partition coefficient (Wildman–Crippen LogP) is 3.28. The van der Waals surface area contributed by atoms with Crippen molar-refractivity contribution in [3.63, 3.8) is 0 Å². The van der Waals surface area contributed by atoms with Gasteiger partial charge in [-0.15, -0.1) is 0 Å². The zero-order chi connectivity index (χ0) is 21.5. The second-order valence-electron chi connectivity index (χ2n) is 8.43. The molecule has 2 heterocycles. The summed E-state index contributed by atoms with van der Waals surface area (Å²) in [6.07, 6.45) is 2.67. The van der Waals surface area contributed by atoms with Gasteiger partial charge in [0.15, 0.2) is 5.96 Å². The second kappa shape index (κ2) is 10.5. The zero-order valence-corrected chi connectivity index (χ0v) is 18.6. The third kappa shape index (κ3) is 5.70. The lowest BCUT2D eigenvalue weighted by molar-refractivity contribution is 0.331. The Morgan fingerprint density at radius 1 is 0.903 bits per heavy atom. The topological polar surface area (TPSA) is 54.3 Å². The lowest BCUT2D eigenvalue weighted by atomic mass is 10.1. The van der Waals surface area contributed by atoms with Crippen LogP contribution >= 0.6 is 0 Å². The van der Waals surface area contributed by atoms with Crippen LogP contribution in [0.2, 0.25) is 0 Å². The number of phenols is 1. The number of rotatable bonds is 6. The molecule has 31 heavy (non-hydrogen) atoms. The smallest absolute Gasteiger partial charge is 0.194 e. The minimum atomic E-state index is 0.352. The first-order valence-electron chi connectivity index (χ1n) is 11.6. The largest absolute Gasteiger partial charge is 0.506 e. The molecule has 2 aliphatic rings. The molecule has 2 aromatic rings. The Morgan fingerprint density at radius 3 is 2.26 bits per heavy atom. The third-order valence-corrected chi connectivity index (χ3v) is 6.18. The van der Waals surface area contributed by atoms with Crippen molar-refractivity contribution in [2.75, 3.05) is 50.7 Å². The van der Waals surface area contributed by atoms with E-state index >= 15 is 0 Å². The van der Waals surface area contributed by atoms with Crippen LogP contribution in [-0.2, 0) is 13.1 Å². The molecule has 6 nitrogen and oxygen atoms in total. The summed E-state index contributed by atoms with van der Waals surface area (Å²) in [6, 6.07) is 16.5. The minimum Gasteiger partial charge on any atom is -0.506 e. The van der Waals surface area contributed by atoms with E-state index in [0.29, 0.717) is 12.3 Å². The second-order valence-corrected chi connectivity index (χ2v) is 8.43. The van der Waals surface area contributed by atoms with E-state index in [2.05, 4.69) is 51.2 Å². The fourth-order valence-corrected chi connectivity index (χ4v) is 4.43. The number of hydrogen-bond acceptors (Lipinski definition) is 4. The van der Waals surface area contributed by atoms with Crippen LogP contribution in [0.1, 0.15) is 30.9 Å². The van der Waals surface area contributed by atoms with Crippen molar-refractivity contribution < 1.29 is 5.11 Å². The van der Waals surface area contributed by atoms with E-state index in [0.717, 1.165) is 50.9 Å². The van der Waals surface area contributed by atoms with Gasteiger partial charge in [-0.1, -0.05) is 36.4 Å². The molecule has 2 fully saturated rings. The summed E-state index contributed by atoms with van der Waals surface area (Å²) >= 11 is 0. The van der Waals surface area contributed by atoms with Crippen LogP contribution in [0.15, 0.2) is 53.5 Å². The van der Waals surface area contributed by atoms with Crippen molar-refractivity contribution in [2.24, 2.45) is 4.99 Å². The molecule has 4 rings (SSSR count). The first-order valence-corrected chi connectivity index (χ1v) is 11.6. The molecule has 0 spiro atoms. The highest BCUT2D eigenvalue weighted by atomic mass is 16.3. The average Bonchev–Trinajstić information content (AvgIpc) is 3.31. The van der Waals surface area contributed by atoms with Gasteiger partial charge >= 0.3 is 0 Å². The highest BCUT2D eigenvalue weighted by molar-refractivity contribution is 5.80. The summed E-state index contributed by atoms with van der Waals surface area (Å²) < 4.78 is 0. The number of nitrogens with one attached hydrogen (secondary N) is 1. The van der Waals surface area contributed by atoms with E-state index in [9.17, 15) is 5.11 Å². The maximum atomic E-state index is 10.1. The van der Waals surface area contributed by atoms with Gasteiger partial charge in [-0.05, 0) is 56.1 Å². The van der Waals surface area contributed by atoms with E-state index in [1.165, 1.54) is 37.1 Å². The molecule has 2 aliphatic heterocycles. The first-order chi connectivity index (χ1) is 15.2. The summed E-state index contributed by atoms with van der Waals surface area (Å²) in [4.78, 5) is 12.0. The fraction of sp³-hybridized carbons (Fsp3) is 0.480. The number of benzene rings is 2. The number of anilines is 1. The monoisotopic (exact) mass is 421 g/mol. The molecular weight excluding hydrogens is 386 g/mol. The summed E-state index contributed by atoms with van der Waals surface area (Å²) in [7, 11) is 0. The van der Waals surface area contributed by atoms with Crippen LogP contribution in [0.3, 0.4) is 0 Å². The number of phenolic OH excluding ortho intramolecular Hbond substituents is 1. The van der Waals surface area contributed by atoms with Gasteiger partial charge < -0.3 is 20.2 Å². The number of aromatic hydroxyl groups is 1. The van der Waals surface area contributed by atoms with Crippen molar-refractivity contribution >= 4 is 11.6 Å². The maximum Gasteiger partial charge on any atom is 0.194 e. The number of hydrogen-bond donors (Lipinski definition) is 2. The molecular formula is C25H35N5O. The average molecular weight is 422 g/mol. The fourth-order valence-electron chi connectivity index (χ4n) is 4.43. The molecule has 0 atom stereocenters. The molecule has 0 radical (unpaired) electrons. The molecule has 6 heteroatoms. The van der Waals surface area contributed by atoms with Crippen molar-refractivity contribution in [1.29, 1.82) is 0 Å². The highest BCUT2D eigenvalue weighted by Gasteiger charge is 2.21. The molecule has 0 aliphatic carbocycles. The van der Waals surface area contributed by atoms with Crippen LogP contribution in [0.5, 0.6) is 5.75 Å². The van der Waals surface area contributed by atoms with Gasteiger partial charge in [0.25, 0.3) is 0 Å². The molecule has 0 amide bonds. The van der Waals surface area contributed by atoms with Gasteiger partial charge in [0, 0.05) is 39.3 Å². The van der Waals surface area contributed by atoms with Gasteiger partial charge in [0.1, 0.15) is 5.75 Å². The first kappa shape index (κ1) is 21.5. The lowest BCUT2D eigenvalue weighted by Gasteiger charge is -2.37. The Hall–Kier alpha value is -2.73. The van der Waals surface area contributed by atoms with Crippen molar-refractivity contribution in [3.8, 4) is 5.75 Å². The van der Waals surface area contributed by atoms with Crippen LogP contribution in [-0.4, -0.2) is 66.7 Å². The summed E-state index contributed by atoms with van der Waals surface area (Å²) in [5, 5.41) is 13.6. The molecule has 2 N–H and O–H groups in total. The number of aliphatic imine (C=N–C) groups is 1. The van der Waals surface area contributed by atoms with Crippen LogP contribution in [0.25, 0.3) is 0 Å².